The normalized spacial score (nSPS) is 10.4. The Morgan fingerprint density at radius 1 is 0.952 bits per heavy atom. The third-order valence-electron chi connectivity index (χ3n) is 3.20. The van der Waals surface area contributed by atoms with Crippen LogP contribution < -0.4 is 14.8 Å². The highest BCUT2D eigenvalue weighted by Gasteiger charge is 2.08. The van der Waals surface area contributed by atoms with E-state index >= 15 is 0 Å². The molecule has 2 aromatic carbocycles. The fourth-order valence-electron chi connectivity index (χ4n) is 2.14. The molecule has 0 bridgehead atoms. The van der Waals surface area contributed by atoms with Crippen molar-refractivity contribution in [3.8, 4) is 11.5 Å². The number of methoxy groups -OCH3 is 2. The van der Waals surface area contributed by atoms with Crippen LogP contribution in [0.4, 0.5) is 11.5 Å². The van der Waals surface area contributed by atoms with Crippen LogP contribution in [-0.4, -0.2) is 24.2 Å². The lowest BCUT2D eigenvalue weighted by Gasteiger charge is -2.12. The molecular formula is C16H15N3O2. The average molecular weight is 281 g/mol. The summed E-state index contributed by atoms with van der Waals surface area (Å²) in [6.07, 6.45) is 1.53. The van der Waals surface area contributed by atoms with E-state index in [-0.39, 0.29) is 0 Å². The lowest BCUT2D eigenvalue weighted by Crippen LogP contribution is -1.98. The first-order chi connectivity index (χ1) is 10.3. The van der Waals surface area contributed by atoms with Crippen LogP contribution in [0.5, 0.6) is 11.5 Å². The molecule has 106 valence electrons. The van der Waals surface area contributed by atoms with Gasteiger partial charge in [0.05, 0.1) is 25.4 Å². The van der Waals surface area contributed by atoms with Gasteiger partial charge in [0.2, 0.25) is 0 Å². The number of fused-ring (bicyclic) bond motifs is 1. The topological polar surface area (TPSA) is 56.3 Å². The van der Waals surface area contributed by atoms with E-state index in [1.54, 1.807) is 14.2 Å². The van der Waals surface area contributed by atoms with Crippen LogP contribution in [0.1, 0.15) is 0 Å². The molecule has 5 heteroatoms. The van der Waals surface area contributed by atoms with Crippen molar-refractivity contribution in [2.45, 2.75) is 0 Å². The highest BCUT2D eigenvalue weighted by Crippen LogP contribution is 2.30. The minimum atomic E-state index is 0.711. The van der Waals surface area contributed by atoms with Crippen molar-refractivity contribution in [2.75, 3.05) is 19.5 Å². The number of nitrogens with one attached hydrogen (secondary N) is 1. The van der Waals surface area contributed by atoms with Crippen molar-refractivity contribution in [1.29, 1.82) is 0 Å². The minimum absolute atomic E-state index is 0.711. The molecule has 0 aliphatic carbocycles. The fourth-order valence-corrected chi connectivity index (χ4v) is 2.14. The maximum absolute atomic E-state index is 5.34. The van der Waals surface area contributed by atoms with Crippen molar-refractivity contribution < 1.29 is 9.47 Å². The smallest absolute Gasteiger partial charge is 0.142 e. The molecule has 0 fully saturated rings. The maximum atomic E-state index is 5.34. The van der Waals surface area contributed by atoms with Gasteiger partial charge < -0.3 is 14.8 Å². The molecule has 1 heterocycles. The van der Waals surface area contributed by atoms with Crippen molar-refractivity contribution in [2.24, 2.45) is 0 Å². The molecule has 5 nitrogen and oxygen atoms in total. The summed E-state index contributed by atoms with van der Waals surface area (Å²) in [5.74, 6) is 2.23. The number of benzene rings is 2. The molecule has 0 saturated heterocycles. The minimum Gasteiger partial charge on any atom is -0.497 e. The van der Waals surface area contributed by atoms with Gasteiger partial charge in [-0.2, -0.15) is 0 Å². The summed E-state index contributed by atoms with van der Waals surface area (Å²) in [6, 6.07) is 13.4. The molecular weight excluding hydrogens is 266 g/mol. The van der Waals surface area contributed by atoms with Crippen LogP contribution in [-0.2, 0) is 0 Å². The van der Waals surface area contributed by atoms with Crippen molar-refractivity contribution in [3.63, 3.8) is 0 Å². The fraction of sp³-hybridized carbons (Fsp3) is 0.125. The first-order valence-corrected chi connectivity index (χ1v) is 6.50. The van der Waals surface area contributed by atoms with Crippen molar-refractivity contribution in [3.05, 3.63) is 48.8 Å². The van der Waals surface area contributed by atoms with E-state index in [4.69, 9.17) is 9.47 Å². The Morgan fingerprint density at radius 3 is 2.62 bits per heavy atom. The predicted molar refractivity (Wildman–Crippen MR) is 82.4 cm³/mol. The Bertz CT molecular complexity index is 774. The SMILES string of the molecule is COc1ccc2ncnc(Nc3ccccc3OC)c2c1. The molecule has 21 heavy (non-hydrogen) atoms. The second-order valence-electron chi connectivity index (χ2n) is 4.43. The van der Waals surface area contributed by atoms with Crippen LogP contribution in [0.3, 0.4) is 0 Å². The molecule has 0 atom stereocenters. The Kier molecular flexibility index (Phi) is 3.55. The molecule has 0 spiro atoms. The first-order valence-electron chi connectivity index (χ1n) is 6.50. The second-order valence-corrected chi connectivity index (χ2v) is 4.43. The van der Waals surface area contributed by atoms with Gasteiger partial charge in [-0.05, 0) is 30.3 Å². The largest absolute Gasteiger partial charge is 0.497 e. The Balaban J connectivity index is 2.07. The van der Waals surface area contributed by atoms with Gasteiger partial charge in [-0.1, -0.05) is 12.1 Å². The van der Waals surface area contributed by atoms with Gasteiger partial charge in [-0.15, -0.1) is 0 Å². The zero-order valence-electron chi connectivity index (χ0n) is 11.8. The number of aromatic nitrogens is 2. The van der Waals surface area contributed by atoms with Gasteiger partial charge in [0, 0.05) is 5.39 Å². The molecule has 1 aromatic heterocycles. The van der Waals surface area contributed by atoms with E-state index in [1.165, 1.54) is 6.33 Å². The quantitative estimate of drug-likeness (QED) is 0.794. The molecule has 0 unspecified atom stereocenters. The van der Waals surface area contributed by atoms with Gasteiger partial charge in [-0.3, -0.25) is 0 Å². The summed E-state index contributed by atoms with van der Waals surface area (Å²) in [5.41, 5.74) is 1.70. The van der Waals surface area contributed by atoms with Gasteiger partial charge in [-0.25, -0.2) is 9.97 Å². The molecule has 0 aliphatic heterocycles. The lowest BCUT2D eigenvalue weighted by atomic mass is 10.2. The van der Waals surface area contributed by atoms with E-state index in [2.05, 4.69) is 15.3 Å². The van der Waals surface area contributed by atoms with Gasteiger partial charge in [0.15, 0.2) is 0 Å². The molecule has 3 rings (SSSR count). The number of nitrogens with zero attached hydrogens (tertiary/aromatic N) is 2. The standard InChI is InChI=1S/C16H15N3O2/c1-20-11-7-8-13-12(9-11)16(18-10-17-13)19-14-5-3-4-6-15(14)21-2/h3-10H,1-2H3,(H,17,18,19). The van der Waals surface area contributed by atoms with Crippen molar-refractivity contribution >= 4 is 22.4 Å². The number of anilines is 2. The second kappa shape index (κ2) is 5.66. The molecule has 3 aromatic rings. The molecule has 1 N–H and O–H groups in total. The molecule has 0 aliphatic rings. The predicted octanol–water partition coefficient (Wildman–Crippen LogP) is 3.39. The number of rotatable bonds is 4. The van der Waals surface area contributed by atoms with Crippen LogP contribution >= 0.6 is 0 Å². The number of hydrogen-bond donors (Lipinski definition) is 1. The van der Waals surface area contributed by atoms with Crippen LogP contribution in [0, 0.1) is 0 Å². The molecule has 0 radical (unpaired) electrons. The van der Waals surface area contributed by atoms with E-state index in [0.717, 1.165) is 28.1 Å². The maximum Gasteiger partial charge on any atom is 0.142 e. The summed E-state index contributed by atoms with van der Waals surface area (Å²) in [4.78, 5) is 8.58. The Morgan fingerprint density at radius 2 is 1.81 bits per heavy atom. The zero-order chi connectivity index (χ0) is 14.7. The highest BCUT2D eigenvalue weighted by molar-refractivity contribution is 5.92. The number of para-hydroxylation sites is 2. The molecule has 0 saturated carbocycles. The Hall–Kier alpha value is -2.82. The van der Waals surface area contributed by atoms with E-state index < -0.39 is 0 Å². The Labute approximate surface area is 122 Å². The average Bonchev–Trinajstić information content (AvgIpc) is 2.55. The van der Waals surface area contributed by atoms with E-state index in [0.29, 0.717) is 5.82 Å². The lowest BCUT2D eigenvalue weighted by molar-refractivity contribution is 0.415. The van der Waals surface area contributed by atoms with Gasteiger partial charge >= 0.3 is 0 Å². The molecule has 0 amide bonds. The third-order valence-corrected chi connectivity index (χ3v) is 3.20. The van der Waals surface area contributed by atoms with Crippen LogP contribution in [0.2, 0.25) is 0 Å². The summed E-state index contributed by atoms with van der Waals surface area (Å²) < 4.78 is 10.6. The van der Waals surface area contributed by atoms with Gasteiger partial charge in [0.1, 0.15) is 23.6 Å². The highest BCUT2D eigenvalue weighted by atomic mass is 16.5. The van der Waals surface area contributed by atoms with Crippen molar-refractivity contribution in [1.82, 2.24) is 9.97 Å². The number of ether oxygens (including phenoxy) is 2. The summed E-state index contributed by atoms with van der Waals surface area (Å²) in [6.45, 7) is 0. The van der Waals surface area contributed by atoms with Crippen LogP contribution in [0.15, 0.2) is 48.8 Å². The van der Waals surface area contributed by atoms with E-state index in [1.807, 2.05) is 42.5 Å². The van der Waals surface area contributed by atoms with E-state index in [9.17, 15) is 0 Å². The van der Waals surface area contributed by atoms with Crippen LogP contribution in [0.25, 0.3) is 10.9 Å². The summed E-state index contributed by atoms with van der Waals surface area (Å²) in [5, 5.41) is 4.18. The third kappa shape index (κ3) is 2.58. The first kappa shape index (κ1) is 13.2. The summed E-state index contributed by atoms with van der Waals surface area (Å²) in [7, 11) is 3.28. The van der Waals surface area contributed by atoms with Gasteiger partial charge in [0.25, 0.3) is 0 Å². The summed E-state index contributed by atoms with van der Waals surface area (Å²) >= 11 is 0. The zero-order valence-corrected chi connectivity index (χ0v) is 11.8. The monoisotopic (exact) mass is 281 g/mol. The number of hydrogen-bond acceptors (Lipinski definition) is 5.